The summed E-state index contributed by atoms with van der Waals surface area (Å²) in [6.07, 6.45) is 3.47. The molecule has 0 radical (unpaired) electrons. The van der Waals surface area contributed by atoms with Crippen molar-refractivity contribution in [1.82, 2.24) is 25.2 Å². The minimum atomic E-state index is -0.190. The van der Waals surface area contributed by atoms with Crippen LogP contribution >= 0.6 is 0 Å². The van der Waals surface area contributed by atoms with Crippen LogP contribution in [-0.2, 0) is 6.54 Å². The lowest BCUT2D eigenvalue weighted by molar-refractivity contribution is 0.0946. The summed E-state index contributed by atoms with van der Waals surface area (Å²) >= 11 is 0. The van der Waals surface area contributed by atoms with Gasteiger partial charge in [0.05, 0.1) is 0 Å². The Hall–Kier alpha value is -2.54. The van der Waals surface area contributed by atoms with Gasteiger partial charge >= 0.3 is 0 Å². The molecule has 2 heterocycles. The molecule has 0 atom stereocenters. The molecule has 7 nitrogen and oxygen atoms in total. The lowest BCUT2D eigenvalue weighted by Gasteiger charge is -2.11. The van der Waals surface area contributed by atoms with E-state index < -0.39 is 0 Å². The predicted molar refractivity (Wildman–Crippen MR) is 89.2 cm³/mol. The van der Waals surface area contributed by atoms with Gasteiger partial charge in [-0.25, -0.2) is 9.97 Å². The molecule has 2 rings (SSSR count). The lowest BCUT2D eigenvalue weighted by Crippen LogP contribution is -2.32. The zero-order valence-electron chi connectivity index (χ0n) is 13.7. The normalized spacial score (nSPS) is 10.6. The van der Waals surface area contributed by atoms with Gasteiger partial charge in [-0.2, -0.15) is 0 Å². The van der Waals surface area contributed by atoms with Gasteiger partial charge in [-0.3, -0.25) is 9.78 Å². The quantitative estimate of drug-likeness (QED) is 0.796. The smallest absolute Gasteiger partial charge is 0.270 e. The molecule has 2 aromatic rings. The highest BCUT2D eigenvalue weighted by Crippen LogP contribution is 2.07. The van der Waals surface area contributed by atoms with E-state index in [4.69, 9.17) is 0 Å². The average molecular weight is 314 g/mol. The van der Waals surface area contributed by atoms with Gasteiger partial charge in [-0.1, -0.05) is 0 Å². The van der Waals surface area contributed by atoms with Crippen LogP contribution in [0.4, 0.5) is 5.95 Å². The van der Waals surface area contributed by atoms with Gasteiger partial charge in [0.25, 0.3) is 5.91 Å². The molecule has 0 fully saturated rings. The van der Waals surface area contributed by atoms with Crippen LogP contribution in [0.3, 0.4) is 0 Å². The monoisotopic (exact) mass is 314 g/mol. The van der Waals surface area contributed by atoms with Crippen LogP contribution < -0.4 is 10.6 Å². The van der Waals surface area contributed by atoms with E-state index in [0.717, 1.165) is 17.8 Å². The lowest BCUT2D eigenvalue weighted by atomic mass is 10.3. The Morgan fingerprint density at radius 3 is 2.65 bits per heavy atom. The molecule has 0 aliphatic rings. The largest absolute Gasteiger partial charge is 0.350 e. The first-order chi connectivity index (χ1) is 11.0. The molecule has 0 bridgehead atoms. The highest BCUT2D eigenvalue weighted by Gasteiger charge is 2.10. The zero-order valence-corrected chi connectivity index (χ0v) is 13.7. The van der Waals surface area contributed by atoms with Crippen molar-refractivity contribution in [2.45, 2.75) is 13.5 Å². The number of amides is 1. The Morgan fingerprint density at radius 1 is 1.22 bits per heavy atom. The summed E-state index contributed by atoms with van der Waals surface area (Å²) in [5, 5.41) is 5.98. The number of anilines is 1. The number of hydrogen-bond donors (Lipinski definition) is 2. The summed E-state index contributed by atoms with van der Waals surface area (Å²) in [6, 6.07) is 5.51. The number of rotatable bonds is 7. The molecule has 0 unspecified atom stereocenters. The second-order valence-corrected chi connectivity index (χ2v) is 5.49. The Labute approximate surface area is 136 Å². The number of likely N-dealkylation sites (N-methyl/N-ethyl adjacent to an activating group) is 1. The standard InChI is InChI=1S/C16H22N6O/c1-12-10-14(15(23)18-8-9-22(2)3)21-16(20-12)19-11-13-4-6-17-7-5-13/h4-7,10H,8-9,11H2,1-3H3,(H,18,23)(H,19,20,21). The number of carbonyl (C=O) groups excluding carboxylic acids is 1. The Kier molecular flexibility index (Phi) is 5.99. The number of carbonyl (C=O) groups is 1. The second-order valence-electron chi connectivity index (χ2n) is 5.49. The summed E-state index contributed by atoms with van der Waals surface area (Å²) in [6.45, 7) is 3.78. The molecule has 0 spiro atoms. The van der Waals surface area contributed by atoms with E-state index >= 15 is 0 Å². The third-order valence-electron chi connectivity index (χ3n) is 3.13. The molecule has 122 valence electrons. The summed E-state index contributed by atoms with van der Waals surface area (Å²) in [5.74, 6) is 0.254. The van der Waals surface area contributed by atoms with E-state index in [2.05, 4.69) is 25.6 Å². The minimum absolute atomic E-state index is 0.190. The van der Waals surface area contributed by atoms with Crippen molar-refractivity contribution in [2.75, 3.05) is 32.5 Å². The Bertz CT molecular complexity index is 644. The van der Waals surface area contributed by atoms with Gasteiger partial charge < -0.3 is 15.5 Å². The highest BCUT2D eigenvalue weighted by molar-refractivity contribution is 5.92. The molecule has 0 saturated carbocycles. The number of nitrogens with one attached hydrogen (secondary N) is 2. The van der Waals surface area contributed by atoms with Crippen LogP contribution in [0.5, 0.6) is 0 Å². The maximum Gasteiger partial charge on any atom is 0.270 e. The van der Waals surface area contributed by atoms with Crippen LogP contribution in [0, 0.1) is 6.92 Å². The first kappa shape index (κ1) is 16.8. The van der Waals surface area contributed by atoms with Crippen molar-refractivity contribution in [2.24, 2.45) is 0 Å². The number of hydrogen-bond acceptors (Lipinski definition) is 6. The molecule has 1 amide bonds. The molecule has 23 heavy (non-hydrogen) atoms. The van der Waals surface area contributed by atoms with Crippen molar-refractivity contribution < 1.29 is 4.79 Å². The van der Waals surface area contributed by atoms with Crippen molar-refractivity contribution in [3.63, 3.8) is 0 Å². The topological polar surface area (TPSA) is 83.0 Å². The summed E-state index contributed by atoms with van der Waals surface area (Å²) in [5.41, 5.74) is 2.19. The molecular weight excluding hydrogens is 292 g/mol. The second kappa shape index (κ2) is 8.19. The third-order valence-corrected chi connectivity index (χ3v) is 3.13. The van der Waals surface area contributed by atoms with Gasteiger partial charge in [-0.15, -0.1) is 0 Å². The maximum atomic E-state index is 12.1. The first-order valence-electron chi connectivity index (χ1n) is 7.46. The molecule has 2 aromatic heterocycles. The van der Waals surface area contributed by atoms with Gasteiger partial charge in [0.15, 0.2) is 0 Å². The number of nitrogens with zero attached hydrogens (tertiary/aromatic N) is 4. The molecule has 0 aliphatic carbocycles. The SMILES string of the molecule is Cc1cc(C(=O)NCCN(C)C)nc(NCc2ccncc2)n1. The number of pyridine rings is 1. The van der Waals surface area contributed by atoms with E-state index in [9.17, 15) is 4.79 Å². The van der Waals surface area contributed by atoms with E-state index in [1.807, 2.05) is 38.1 Å². The van der Waals surface area contributed by atoms with Crippen LogP contribution in [0.1, 0.15) is 21.7 Å². The first-order valence-corrected chi connectivity index (χ1v) is 7.46. The molecule has 0 saturated heterocycles. The van der Waals surface area contributed by atoms with Crippen LogP contribution in [0.2, 0.25) is 0 Å². The van der Waals surface area contributed by atoms with Gasteiger partial charge in [0.1, 0.15) is 5.69 Å². The van der Waals surface area contributed by atoms with Gasteiger partial charge in [-0.05, 0) is 44.8 Å². The summed E-state index contributed by atoms with van der Waals surface area (Å²) in [4.78, 5) is 26.7. The fourth-order valence-corrected chi connectivity index (χ4v) is 1.93. The van der Waals surface area contributed by atoms with E-state index in [1.54, 1.807) is 18.5 Å². The number of aryl methyl sites for hydroxylation is 1. The van der Waals surface area contributed by atoms with Crippen molar-refractivity contribution >= 4 is 11.9 Å². The number of aromatic nitrogens is 3. The molecule has 0 aromatic carbocycles. The van der Waals surface area contributed by atoms with Crippen LogP contribution in [0.25, 0.3) is 0 Å². The van der Waals surface area contributed by atoms with Crippen molar-refractivity contribution in [3.8, 4) is 0 Å². The van der Waals surface area contributed by atoms with Crippen LogP contribution in [0.15, 0.2) is 30.6 Å². The highest BCUT2D eigenvalue weighted by atomic mass is 16.1. The average Bonchev–Trinajstić information content (AvgIpc) is 2.53. The Morgan fingerprint density at radius 2 is 1.96 bits per heavy atom. The Balaban J connectivity index is 1.99. The van der Waals surface area contributed by atoms with Gasteiger partial charge in [0.2, 0.25) is 5.95 Å². The van der Waals surface area contributed by atoms with Crippen molar-refractivity contribution in [3.05, 3.63) is 47.5 Å². The molecule has 2 N–H and O–H groups in total. The van der Waals surface area contributed by atoms with E-state index in [-0.39, 0.29) is 5.91 Å². The van der Waals surface area contributed by atoms with Gasteiger partial charge in [0, 0.05) is 37.7 Å². The zero-order chi connectivity index (χ0) is 16.7. The minimum Gasteiger partial charge on any atom is -0.350 e. The predicted octanol–water partition coefficient (Wildman–Crippen LogP) is 1.08. The van der Waals surface area contributed by atoms with E-state index in [0.29, 0.717) is 24.7 Å². The fraction of sp³-hybridized carbons (Fsp3) is 0.375. The molecular formula is C16H22N6O. The van der Waals surface area contributed by atoms with Crippen molar-refractivity contribution in [1.29, 1.82) is 0 Å². The van der Waals surface area contributed by atoms with Crippen LogP contribution in [-0.4, -0.2) is 52.9 Å². The fourth-order valence-electron chi connectivity index (χ4n) is 1.93. The maximum absolute atomic E-state index is 12.1. The van der Waals surface area contributed by atoms with E-state index in [1.165, 1.54) is 0 Å². The summed E-state index contributed by atoms with van der Waals surface area (Å²) < 4.78 is 0. The summed E-state index contributed by atoms with van der Waals surface area (Å²) in [7, 11) is 3.92. The molecule has 7 heteroatoms. The molecule has 0 aliphatic heterocycles. The third kappa shape index (κ3) is 5.63.